The Morgan fingerprint density at radius 3 is 1.94 bits per heavy atom. The van der Waals surface area contributed by atoms with Gasteiger partial charge in [0.2, 0.25) is 0 Å². The van der Waals surface area contributed by atoms with Crippen molar-refractivity contribution in [1.29, 1.82) is 0 Å². The number of nitrogens with one attached hydrogen (secondary N) is 1. The zero-order valence-corrected chi connectivity index (χ0v) is 17.8. The maximum Gasteiger partial charge on any atom is 0.259 e. The Hall–Kier alpha value is -3.64. The van der Waals surface area contributed by atoms with Gasteiger partial charge in [-0.15, -0.1) is 0 Å². The highest BCUT2D eigenvalue weighted by Crippen LogP contribution is 2.39. The first-order valence-electron chi connectivity index (χ1n) is 11.0. The van der Waals surface area contributed by atoms with E-state index in [1.54, 1.807) is 0 Å². The molecule has 2 aromatic heterocycles. The second-order valence-corrected chi connectivity index (χ2v) is 8.51. The fourth-order valence-electron chi connectivity index (χ4n) is 4.99. The summed E-state index contributed by atoms with van der Waals surface area (Å²) in [5.74, 6) is -0.685. The first-order chi connectivity index (χ1) is 15.6. The predicted octanol–water partition coefficient (Wildman–Crippen LogP) is 3.97. The monoisotopic (exact) mass is 425 g/mol. The number of benzene rings is 2. The fraction of sp³-hybridized carbons (Fsp3) is 0.231. The molecule has 0 unspecified atom stereocenters. The number of fused-ring (bicyclic) bond motifs is 12. The molecule has 32 heavy (non-hydrogen) atoms. The molecule has 1 N–H and O–H groups in total. The van der Waals surface area contributed by atoms with E-state index in [1.807, 2.05) is 54.9 Å². The van der Waals surface area contributed by atoms with Crippen molar-refractivity contribution >= 4 is 44.8 Å². The van der Waals surface area contributed by atoms with E-state index < -0.39 is 0 Å². The second kappa shape index (κ2) is 7.21. The third-order valence-electron chi connectivity index (χ3n) is 6.56. The topological polar surface area (TPSA) is 65.3 Å². The molecule has 2 aliphatic heterocycles. The molecule has 6 rings (SSSR count). The highest BCUT2D eigenvalue weighted by Gasteiger charge is 2.35. The molecule has 0 saturated carbocycles. The molecule has 4 heterocycles. The van der Waals surface area contributed by atoms with Crippen LogP contribution < -0.4 is 5.32 Å². The van der Waals surface area contributed by atoms with E-state index in [1.165, 1.54) is 0 Å². The van der Waals surface area contributed by atoms with Crippen molar-refractivity contribution in [3.8, 4) is 0 Å². The summed E-state index contributed by atoms with van der Waals surface area (Å²) in [7, 11) is 0. The first kappa shape index (κ1) is 19.1. The summed E-state index contributed by atoms with van der Waals surface area (Å²) in [5, 5.41) is 4.47. The van der Waals surface area contributed by atoms with Gasteiger partial charge in [-0.2, -0.15) is 0 Å². The number of aryl methyl sites for hydroxylation is 1. The van der Waals surface area contributed by atoms with Crippen LogP contribution >= 0.6 is 0 Å². The lowest BCUT2D eigenvalue weighted by Gasteiger charge is -2.15. The minimum Gasteiger partial charge on any atom is -0.377 e. The number of amides is 2. The summed E-state index contributed by atoms with van der Waals surface area (Å²) in [5.41, 5.74) is 4.54. The van der Waals surface area contributed by atoms with Gasteiger partial charge in [0.25, 0.3) is 11.8 Å². The van der Waals surface area contributed by atoms with Gasteiger partial charge in [0, 0.05) is 58.4 Å². The maximum absolute atomic E-state index is 13.1. The zero-order chi connectivity index (χ0) is 21.8. The van der Waals surface area contributed by atoms with Gasteiger partial charge < -0.3 is 13.9 Å². The van der Waals surface area contributed by atoms with Crippen molar-refractivity contribution in [2.75, 3.05) is 6.61 Å². The molecule has 0 spiro atoms. The van der Waals surface area contributed by atoms with E-state index in [2.05, 4.69) is 27.4 Å². The van der Waals surface area contributed by atoms with Crippen LogP contribution in [-0.4, -0.2) is 33.7 Å². The van der Waals surface area contributed by atoms with Crippen LogP contribution in [0.1, 0.15) is 24.5 Å². The van der Waals surface area contributed by atoms with Crippen molar-refractivity contribution < 1.29 is 14.3 Å². The third-order valence-corrected chi connectivity index (χ3v) is 6.56. The Labute approximate surface area is 185 Å². The van der Waals surface area contributed by atoms with Gasteiger partial charge >= 0.3 is 0 Å². The molecule has 160 valence electrons. The molecule has 0 saturated heterocycles. The van der Waals surface area contributed by atoms with E-state index in [9.17, 15) is 9.59 Å². The standard InChI is InChI=1S/C26H23N3O3/c1-16-10-11-28-14-19(17-6-2-4-8-21(17)28)23-24(26(31)27-25(23)30)20-15-29(12-13-32-16)22-9-5-3-7-18(20)22/h2-9,14-16H,10-13H2,1H3,(H,27,30,31)/t16-/m1/s1. The molecule has 1 atom stereocenters. The number of para-hydroxylation sites is 2. The Morgan fingerprint density at radius 2 is 1.34 bits per heavy atom. The number of rotatable bonds is 0. The van der Waals surface area contributed by atoms with Crippen LogP contribution in [0.5, 0.6) is 0 Å². The first-order valence-corrected chi connectivity index (χ1v) is 11.0. The molecule has 0 aliphatic carbocycles. The highest BCUT2D eigenvalue weighted by atomic mass is 16.5. The van der Waals surface area contributed by atoms with Gasteiger partial charge in [-0.1, -0.05) is 36.4 Å². The molecule has 0 fully saturated rings. The lowest BCUT2D eigenvalue weighted by atomic mass is 9.95. The molecule has 6 heteroatoms. The molecule has 4 aromatic rings. The van der Waals surface area contributed by atoms with Crippen molar-refractivity contribution in [2.24, 2.45) is 0 Å². The minimum absolute atomic E-state index is 0.106. The van der Waals surface area contributed by atoms with Crippen LogP contribution in [0.2, 0.25) is 0 Å². The Balaban J connectivity index is 1.70. The Morgan fingerprint density at radius 1 is 0.812 bits per heavy atom. The lowest BCUT2D eigenvalue weighted by molar-refractivity contribution is -0.122. The smallest absolute Gasteiger partial charge is 0.259 e. The van der Waals surface area contributed by atoms with Crippen LogP contribution in [-0.2, 0) is 27.4 Å². The minimum atomic E-state index is -0.346. The molecular formula is C26H23N3O3. The molecule has 0 radical (unpaired) electrons. The van der Waals surface area contributed by atoms with Gasteiger partial charge in [-0.3, -0.25) is 14.9 Å². The van der Waals surface area contributed by atoms with Gasteiger partial charge in [0.05, 0.1) is 23.9 Å². The van der Waals surface area contributed by atoms with Gasteiger partial charge in [-0.25, -0.2) is 0 Å². The number of hydrogen-bond acceptors (Lipinski definition) is 3. The van der Waals surface area contributed by atoms with Crippen LogP contribution in [0.25, 0.3) is 33.0 Å². The van der Waals surface area contributed by atoms with E-state index in [-0.39, 0.29) is 17.9 Å². The number of hydrogen-bond donors (Lipinski definition) is 1. The van der Waals surface area contributed by atoms with Crippen molar-refractivity contribution in [1.82, 2.24) is 14.5 Å². The van der Waals surface area contributed by atoms with Gasteiger partial charge in [-0.05, 0) is 25.5 Å². The van der Waals surface area contributed by atoms with Crippen molar-refractivity contribution in [3.05, 3.63) is 72.1 Å². The number of ether oxygens (including phenoxy) is 1. The molecule has 2 aliphatic rings. The van der Waals surface area contributed by atoms with Gasteiger partial charge in [0.1, 0.15) is 0 Å². The molecular weight excluding hydrogens is 402 g/mol. The Bertz CT molecular complexity index is 1440. The molecule has 6 nitrogen and oxygen atoms in total. The van der Waals surface area contributed by atoms with Crippen LogP contribution in [0, 0.1) is 0 Å². The summed E-state index contributed by atoms with van der Waals surface area (Å²) in [4.78, 5) is 26.2. The number of aromatic nitrogens is 2. The normalized spacial score (nSPS) is 19.3. The van der Waals surface area contributed by atoms with Crippen molar-refractivity contribution in [2.45, 2.75) is 32.5 Å². The molecule has 2 aromatic carbocycles. The van der Waals surface area contributed by atoms with E-state index >= 15 is 0 Å². The molecule has 2 amide bonds. The maximum atomic E-state index is 13.1. The van der Waals surface area contributed by atoms with E-state index in [0.29, 0.717) is 24.3 Å². The molecule has 4 bridgehead atoms. The average molecular weight is 425 g/mol. The second-order valence-electron chi connectivity index (χ2n) is 8.51. The zero-order valence-electron chi connectivity index (χ0n) is 17.8. The average Bonchev–Trinajstić information content (AvgIpc) is 3.43. The quantitative estimate of drug-likeness (QED) is 0.434. The summed E-state index contributed by atoms with van der Waals surface area (Å²) >= 11 is 0. The predicted molar refractivity (Wildman–Crippen MR) is 124 cm³/mol. The summed E-state index contributed by atoms with van der Waals surface area (Å²) in [6.45, 7) is 4.12. The summed E-state index contributed by atoms with van der Waals surface area (Å²) < 4.78 is 10.4. The number of imide groups is 1. The van der Waals surface area contributed by atoms with Crippen molar-refractivity contribution in [3.63, 3.8) is 0 Å². The number of carbonyl (C=O) groups is 2. The SMILES string of the molecule is C[C@@H]1CCn2cc(c3ccccc32)C2=C(C(=O)NC2=O)c2cn(c3ccccc23)CCO1. The van der Waals surface area contributed by atoms with Crippen LogP contribution in [0.3, 0.4) is 0 Å². The summed E-state index contributed by atoms with van der Waals surface area (Å²) in [6.07, 6.45) is 4.95. The Kier molecular flexibility index (Phi) is 4.30. The number of carbonyl (C=O) groups excluding carboxylic acids is 2. The van der Waals surface area contributed by atoms with E-state index in [0.717, 1.165) is 45.9 Å². The van der Waals surface area contributed by atoms with Crippen LogP contribution in [0.15, 0.2) is 60.9 Å². The summed E-state index contributed by atoms with van der Waals surface area (Å²) in [6, 6.07) is 16.0. The lowest BCUT2D eigenvalue weighted by Crippen LogP contribution is -2.22. The third kappa shape index (κ3) is 2.83. The van der Waals surface area contributed by atoms with Crippen LogP contribution in [0.4, 0.5) is 0 Å². The fourth-order valence-corrected chi connectivity index (χ4v) is 4.99. The largest absolute Gasteiger partial charge is 0.377 e. The van der Waals surface area contributed by atoms with Gasteiger partial charge in [0.15, 0.2) is 0 Å². The van der Waals surface area contributed by atoms with E-state index in [4.69, 9.17) is 4.74 Å². The number of nitrogens with zero attached hydrogens (tertiary/aromatic N) is 2. The highest BCUT2D eigenvalue weighted by molar-refractivity contribution is 6.50.